The normalized spacial score (nSPS) is 19.2. The predicted octanol–water partition coefficient (Wildman–Crippen LogP) is 3.69. The smallest absolute Gasteiger partial charge is 0.243 e. The van der Waals surface area contributed by atoms with Gasteiger partial charge in [-0.25, -0.2) is 12.8 Å². The second-order valence-electron chi connectivity index (χ2n) is 6.32. The van der Waals surface area contributed by atoms with Gasteiger partial charge in [0.15, 0.2) is 0 Å². The zero-order valence-electron chi connectivity index (χ0n) is 14.1. The fourth-order valence-corrected chi connectivity index (χ4v) is 4.90. The van der Waals surface area contributed by atoms with Crippen molar-refractivity contribution < 1.29 is 12.8 Å². The van der Waals surface area contributed by atoms with Crippen molar-refractivity contribution >= 4 is 27.3 Å². The van der Waals surface area contributed by atoms with Crippen molar-refractivity contribution in [2.45, 2.75) is 24.8 Å². The molecule has 1 atom stereocenters. The Labute approximate surface area is 152 Å². The maximum atomic E-state index is 13.3. The largest absolute Gasteiger partial charge is 0.366 e. The van der Waals surface area contributed by atoms with E-state index in [4.69, 9.17) is 11.6 Å². The summed E-state index contributed by atoms with van der Waals surface area (Å²) in [4.78, 5) is 2.23. The van der Waals surface area contributed by atoms with Gasteiger partial charge in [-0.1, -0.05) is 23.7 Å². The maximum Gasteiger partial charge on any atom is 0.243 e. The number of benzene rings is 2. The van der Waals surface area contributed by atoms with Crippen LogP contribution in [0.3, 0.4) is 0 Å². The molecule has 0 aromatic heterocycles. The number of nitrogens with zero attached hydrogens (tertiary/aromatic N) is 2. The van der Waals surface area contributed by atoms with Gasteiger partial charge in [0.25, 0.3) is 0 Å². The summed E-state index contributed by atoms with van der Waals surface area (Å²) in [7, 11) is -3.69. The van der Waals surface area contributed by atoms with Crippen LogP contribution >= 0.6 is 11.6 Å². The van der Waals surface area contributed by atoms with E-state index in [9.17, 15) is 12.8 Å². The Kier molecular flexibility index (Phi) is 5.04. The third kappa shape index (κ3) is 3.66. The highest BCUT2D eigenvalue weighted by molar-refractivity contribution is 7.89. The van der Waals surface area contributed by atoms with Gasteiger partial charge >= 0.3 is 0 Å². The zero-order valence-corrected chi connectivity index (χ0v) is 15.7. The first-order valence-electron chi connectivity index (χ1n) is 8.07. The molecule has 0 spiro atoms. The van der Waals surface area contributed by atoms with Gasteiger partial charge in [0, 0.05) is 31.4 Å². The summed E-state index contributed by atoms with van der Waals surface area (Å²) in [6.07, 6.45) is 0. The average molecular weight is 383 g/mol. The molecule has 0 aliphatic carbocycles. The Morgan fingerprint density at radius 2 is 1.92 bits per heavy atom. The van der Waals surface area contributed by atoms with Crippen LogP contribution in [0.25, 0.3) is 0 Å². The van der Waals surface area contributed by atoms with E-state index in [0.717, 1.165) is 11.8 Å². The number of piperazine rings is 1. The fourth-order valence-electron chi connectivity index (χ4n) is 3.12. The van der Waals surface area contributed by atoms with Gasteiger partial charge in [-0.3, -0.25) is 0 Å². The summed E-state index contributed by atoms with van der Waals surface area (Å²) in [5.74, 6) is -0.627. The van der Waals surface area contributed by atoms with Crippen LogP contribution in [0.5, 0.6) is 0 Å². The molecular formula is C18H20ClFN2O2S. The van der Waals surface area contributed by atoms with Crippen LogP contribution in [0.4, 0.5) is 10.1 Å². The molecule has 1 saturated heterocycles. The number of hydrogen-bond donors (Lipinski definition) is 0. The molecule has 0 saturated carbocycles. The van der Waals surface area contributed by atoms with E-state index in [0.29, 0.717) is 19.6 Å². The molecule has 1 fully saturated rings. The van der Waals surface area contributed by atoms with Gasteiger partial charge in [0.2, 0.25) is 10.0 Å². The molecule has 3 rings (SSSR count). The summed E-state index contributed by atoms with van der Waals surface area (Å²) in [6, 6.07) is 11.7. The summed E-state index contributed by atoms with van der Waals surface area (Å²) in [5.41, 5.74) is 2.26. The van der Waals surface area contributed by atoms with Crippen LogP contribution in [0.15, 0.2) is 47.4 Å². The first-order valence-corrected chi connectivity index (χ1v) is 9.89. The Bertz CT molecular complexity index is 888. The first kappa shape index (κ1) is 18.2. The number of aryl methyl sites for hydroxylation is 1. The predicted molar refractivity (Wildman–Crippen MR) is 98.2 cm³/mol. The lowest BCUT2D eigenvalue weighted by molar-refractivity contribution is 0.342. The molecule has 25 heavy (non-hydrogen) atoms. The molecule has 1 heterocycles. The van der Waals surface area contributed by atoms with Crippen molar-refractivity contribution in [2.75, 3.05) is 24.5 Å². The minimum atomic E-state index is -3.69. The van der Waals surface area contributed by atoms with Crippen LogP contribution in [0.2, 0.25) is 5.02 Å². The van der Waals surface area contributed by atoms with Crippen LogP contribution in [0.1, 0.15) is 12.5 Å². The van der Waals surface area contributed by atoms with Crippen molar-refractivity contribution in [2.24, 2.45) is 0 Å². The van der Waals surface area contributed by atoms with E-state index < -0.39 is 15.8 Å². The number of rotatable bonds is 3. The average Bonchev–Trinajstić information content (AvgIpc) is 2.57. The number of anilines is 1. The van der Waals surface area contributed by atoms with Crippen LogP contribution < -0.4 is 4.90 Å². The highest BCUT2D eigenvalue weighted by Gasteiger charge is 2.32. The molecular weight excluding hydrogens is 363 g/mol. The molecule has 0 amide bonds. The molecule has 4 nitrogen and oxygen atoms in total. The molecule has 0 bridgehead atoms. The molecule has 1 aliphatic heterocycles. The topological polar surface area (TPSA) is 40.6 Å². The maximum absolute atomic E-state index is 13.3. The van der Waals surface area contributed by atoms with Gasteiger partial charge in [0.1, 0.15) is 5.82 Å². The molecule has 134 valence electrons. The lowest BCUT2D eigenvalue weighted by Gasteiger charge is -2.40. The van der Waals surface area contributed by atoms with Crippen LogP contribution in [-0.4, -0.2) is 38.4 Å². The summed E-state index contributed by atoms with van der Waals surface area (Å²) < 4.78 is 40.4. The highest BCUT2D eigenvalue weighted by Crippen LogP contribution is 2.27. The summed E-state index contributed by atoms with van der Waals surface area (Å²) in [6.45, 7) is 5.37. The third-order valence-corrected chi connectivity index (χ3v) is 6.60. The molecule has 0 radical (unpaired) electrons. The van der Waals surface area contributed by atoms with E-state index in [1.807, 2.05) is 32.0 Å². The molecule has 7 heteroatoms. The van der Waals surface area contributed by atoms with E-state index >= 15 is 0 Å². The lowest BCUT2D eigenvalue weighted by atomic mass is 10.1. The lowest BCUT2D eigenvalue weighted by Crippen LogP contribution is -2.53. The van der Waals surface area contributed by atoms with Crippen molar-refractivity contribution in [3.63, 3.8) is 0 Å². The van der Waals surface area contributed by atoms with Crippen molar-refractivity contribution in [1.82, 2.24) is 4.31 Å². The molecule has 1 aliphatic rings. The second kappa shape index (κ2) is 6.94. The minimum absolute atomic E-state index is 0.0232. The summed E-state index contributed by atoms with van der Waals surface area (Å²) >= 11 is 5.74. The first-order chi connectivity index (χ1) is 11.8. The van der Waals surface area contributed by atoms with E-state index in [1.165, 1.54) is 22.0 Å². The Hall–Kier alpha value is -1.63. The van der Waals surface area contributed by atoms with Crippen molar-refractivity contribution in [1.29, 1.82) is 0 Å². The van der Waals surface area contributed by atoms with Gasteiger partial charge in [0.05, 0.1) is 9.92 Å². The zero-order chi connectivity index (χ0) is 18.2. The number of halogens is 2. The molecule has 2 aromatic carbocycles. The fraction of sp³-hybridized carbons (Fsp3) is 0.333. The minimum Gasteiger partial charge on any atom is -0.366 e. The summed E-state index contributed by atoms with van der Waals surface area (Å²) in [5, 5.41) is -0.187. The van der Waals surface area contributed by atoms with Crippen molar-refractivity contribution in [3.8, 4) is 0 Å². The molecule has 0 unspecified atom stereocenters. The van der Waals surface area contributed by atoms with Gasteiger partial charge in [-0.2, -0.15) is 4.31 Å². The quantitative estimate of drug-likeness (QED) is 0.812. The van der Waals surface area contributed by atoms with Gasteiger partial charge in [-0.15, -0.1) is 0 Å². The van der Waals surface area contributed by atoms with E-state index in [1.54, 1.807) is 0 Å². The number of hydrogen-bond acceptors (Lipinski definition) is 3. The van der Waals surface area contributed by atoms with Gasteiger partial charge < -0.3 is 4.90 Å². The Morgan fingerprint density at radius 3 is 2.56 bits per heavy atom. The standard InChI is InChI=1S/C18H20ClFN2O2S/c1-13-4-3-5-15(10-13)22-9-8-21(12-14(22)2)25(23,24)16-6-7-18(20)17(19)11-16/h3-7,10-11,14H,8-9,12H2,1-2H3/t14-/m0/s1. The number of sulfonamides is 1. The van der Waals surface area contributed by atoms with Gasteiger partial charge in [-0.05, 0) is 49.7 Å². The Balaban J connectivity index is 1.81. The second-order valence-corrected chi connectivity index (χ2v) is 8.67. The molecule has 2 aromatic rings. The highest BCUT2D eigenvalue weighted by atomic mass is 35.5. The van der Waals surface area contributed by atoms with Crippen molar-refractivity contribution in [3.05, 3.63) is 58.9 Å². The van der Waals surface area contributed by atoms with E-state index in [-0.39, 0.29) is 16.0 Å². The van der Waals surface area contributed by atoms with Crippen LogP contribution in [0, 0.1) is 12.7 Å². The van der Waals surface area contributed by atoms with Crippen LogP contribution in [-0.2, 0) is 10.0 Å². The third-order valence-electron chi connectivity index (χ3n) is 4.45. The monoisotopic (exact) mass is 382 g/mol. The Morgan fingerprint density at radius 1 is 1.16 bits per heavy atom. The van der Waals surface area contributed by atoms with E-state index in [2.05, 4.69) is 11.0 Å². The molecule has 0 N–H and O–H groups in total. The SMILES string of the molecule is Cc1cccc(N2CCN(S(=O)(=O)c3ccc(F)c(Cl)c3)C[C@@H]2C)c1.